The summed E-state index contributed by atoms with van der Waals surface area (Å²) >= 11 is 0. The molecule has 0 saturated carbocycles. The van der Waals surface area contributed by atoms with Crippen LogP contribution in [0.2, 0.25) is 0 Å². The second-order valence-electron chi connectivity index (χ2n) is 19.0. The number of rotatable bonds is 19. The van der Waals surface area contributed by atoms with Crippen LogP contribution in [0.1, 0.15) is 20.8 Å². The van der Waals surface area contributed by atoms with Crippen LogP contribution in [0, 0.1) is 0 Å². The summed E-state index contributed by atoms with van der Waals surface area (Å²) in [5.41, 5.74) is 0. The van der Waals surface area contributed by atoms with Crippen LogP contribution >= 0.6 is 0 Å². The van der Waals surface area contributed by atoms with E-state index >= 15 is 0 Å². The largest absolute Gasteiger partial charge is 0.394 e. The van der Waals surface area contributed by atoms with Crippen molar-refractivity contribution in [3.8, 4) is 0 Å². The van der Waals surface area contributed by atoms with E-state index in [1.165, 1.54) is 0 Å². The third-order valence-corrected chi connectivity index (χ3v) is 13.6. The Morgan fingerprint density at radius 2 is 0.684 bits per heavy atom. The summed E-state index contributed by atoms with van der Waals surface area (Å²) in [6, 6.07) is -5.07. The average molecular weight is 1110 g/mol. The lowest BCUT2D eigenvalue weighted by Gasteiger charge is -2.50. The Morgan fingerprint density at radius 1 is 0.342 bits per heavy atom. The highest BCUT2D eigenvalue weighted by Gasteiger charge is 2.57. The first-order chi connectivity index (χ1) is 35.9. The zero-order chi connectivity index (χ0) is 56.2. The van der Waals surface area contributed by atoms with E-state index < -0.39 is 241 Å². The summed E-state index contributed by atoms with van der Waals surface area (Å²) in [6.07, 6.45) is -50.1. The van der Waals surface area contributed by atoms with E-state index in [2.05, 4.69) is 16.0 Å². The minimum atomic E-state index is -2.23. The van der Waals surface area contributed by atoms with E-state index in [4.69, 9.17) is 52.1 Å². The van der Waals surface area contributed by atoms with Gasteiger partial charge in [-0.25, -0.2) is 0 Å². The van der Waals surface area contributed by atoms with E-state index in [1.54, 1.807) is 0 Å². The van der Waals surface area contributed by atoms with Gasteiger partial charge in [-0.05, 0) is 0 Å². The SMILES string of the molecule is CC(=O)N[C@@H]1[C@@H](O[C@@H]2O[C@H](CO)[C@H](O)[C@H](O[C@@H]3O[C@H](CO)[C@@H](O[C@@H]4O[C@H](CO)[C@H](O)[C@H](O)[C@H]4O)[C@H](O)[C@H]3NC(C)=O)[C@H]2O)[C@@H](O)[C@@H](CO[C@@H]2O[C@H](CO)[C@@H](O[C@@H]3O[C@H](CO)[C@H](O)[C@H](O)[C@H]3O)[C@H](O)[C@H]2NC(C)=O)O[C@@H]1O. The van der Waals surface area contributed by atoms with Gasteiger partial charge in [-0.2, -0.15) is 0 Å². The van der Waals surface area contributed by atoms with Gasteiger partial charge in [-0.3, -0.25) is 14.4 Å². The zero-order valence-electron chi connectivity index (χ0n) is 40.9. The average Bonchev–Trinajstić information content (AvgIpc) is 3.37. The molecule has 76 heavy (non-hydrogen) atoms. The smallest absolute Gasteiger partial charge is 0.217 e. The quantitative estimate of drug-likeness (QED) is 0.0571. The predicted molar refractivity (Wildman–Crippen MR) is 234 cm³/mol. The molecule has 6 heterocycles. The van der Waals surface area contributed by atoms with Gasteiger partial charge in [-0.1, -0.05) is 0 Å². The molecular weight excluding hydrogens is 1040 g/mol. The molecule has 6 aliphatic rings. The molecule has 0 bridgehead atoms. The van der Waals surface area contributed by atoms with E-state index in [9.17, 15) is 101 Å². The fourth-order valence-electron chi connectivity index (χ4n) is 9.62. The number of carbonyl (C=O) groups is 3. The molecule has 0 spiro atoms. The summed E-state index contributed by atoms with van der Waals surface area (Å²) in [7, 11) is 0. The van der Waals surface area contributed by atoms with Crippen molar-refractivity contribution in [2.24, 2.45) is 0 Å². The van der Waals surface area contributed by atoms with Crippen molar-refractivity contribution in [3.05, 3.63) is 0 Å². The minimum Gasteiger partial charge on any atom is -0.394 e. The van der Waals surface area contributed by atoms with Gasteiger partial charge in [0.15, 0.2) is 37.7 Å². The van der Waals surface area contributed by atoms with Crippen LogP contribution in [-0.4, -0.2) is 328 Å². The van der Waals surface area contributed by atoms with Crippen molar-refractivity contribution < 1.29 is 153 Å². The fourth-order valence-corrected chi connectivity index (χ4v) is 9.62. The number of ether oxygens (including phenoxy) is 11. The van der Waals surface area contributed by atoms with Crippen molar-refractivity contribution in [1.82, 2.24) is 16.0 Å². The first kappa shape index (κ1) is 62.5. The predicted octanol–water partition coefficient (Wildman–Crippen LogP) is -13.7. The molecule has 0 aromatic rings. The monoisotopic (exact) mass is 1110 g/mol. The van der Waals surface area contributed by atoms with E-state index in [-0.39, 0.29) is 0 Å². The molecule has 20 N–H and O–H groups in total. The highest BCUT2D eigenvalue weighted by atomic mass is 16.8. The lowest BCUT2D eigenvalue weighted by Crippen LogP contribution is -2.70. The van der Waals surface area contributed by atoms with Crippen LogP contribution < -0.4 is 16.0 Å². The molecular formula is C42H71N3O31. The molecule has 0 aliphatic carbocycles. The van der Waals surface area contributed by atoms with Gasteiger partial charge in [0.25, 0.3) is 0 Å². The molecule has 34 heteroatoms. The van der Waals surface area contributed by atoms with Gasteiger partial charge in [0.2, 0.25) is 17.7 Å². The lowest BCUT2D eigenvalue weighted by atomic mass is 9.94. The molecule has 0 radical (unpaired) electrons. The Morgan fingerprint density at radius 3 is 1.12 bits per heavy atom. The molecule has 6 rings (SSSR count). The molecule has 6 saturated heterocycles. The fraction of sp³-hybridized carbons (Fsp3) is 0.929. The number of aliphatic hydroxyl groups is 17. The van der Waals surface area contributed by atoms with Gasteiger partial charge >= 0.3 is 0 Å². The number of hydrogen-bond acceptors (Lipinski definition) is 31. The zero-order valence-corrected chi connectivity index (χ0v) is 40.9. The third kappa shape index (κ3) is 13.7. The molecule has 0 aromatic carbocycles. The highest BCUT2D eigenvalue weighted by Crippen LogP contribution is 2.36. The normalized spacial score (nSPS) is 48.2. The van der Waals surface area contributed by atoms with Crippen LogP contribution in [0.5, 0.6) is 0 Å². The Hall–Kier alpha value is -2.71. The Bertz CT molecular complexity index is 1870. The first-order valence-electron chi connectivity index (χ1n) is 24.1. The second kappa shape index (κ2) is 27.2. The van der Waals surface area contributed by atoms with Crippen LogP contribution in [0.3, 0.4) is 0 Å². The van der Waals surface area contributed by atoms with Gasteiger partial charge < -0.3 is 155 Å². The molecule has 0 unspecified atom stereocenters. The topological polar surface area (TPSA) is 533 Å². The molecule has 3 amide bonds. The maximum absolute atomic E-state index is 12.5. The van der Waals surface area contributed by atoms with Gasteiger partial charge in [-0.15, -0.1) is 0 Å². The van der Waals surface area contributed by atoms with Gasteiger partial charge in [0.1, 0.15) is 146 Å². The van der Waals surface area contributed by atoms with Crippen molar-refractivity contribution in [3.63, 3.8) is 0 Å². The molecule has 30 atom stereocenters. The summed E-state index contributed by atoms with van der Waals surface area (Å²) in [4.78, 5) is 37.3. The van der Waals surface area contributed by atoms with E-state index in [0.717, 1.165) is 20.8 Å². The summed E-state index contributed by atoms with van der Waals surface area (Å²) < 4.78 is 62.9. The number of amides is 3. The van der Waals surface area contributed by atoms with Crippen molar-refractivity contribution in [1.29, 1.82) is 0 Å². The molecule has 6 fully saturated rings. The molecule has 440 valence electrons. The summed E-state index contributed by atoms with van der Waals surface area (Å²) in [6.45, 7) is -2.43. The Kier molecular flexibility index (Phi) is 22.3. The number of hydrogen-bond donors (Lipinski definition) is 20. The molecule has 34 nitrogen and oxygen atoms in total. The van der Waals surface area contributed by atoms with E-state index in [1.807, 2.05) is 0 Å². The minimum absolute atomic E-state index is 0.777. The van der Waals surface area contributed by atoms with Crippen LogP contribution in [-0.2, 0) is 66.5 Å². The maximum Gasteiger partial charge on any atom is 0.217 e. The standard InChI is InChI=1S/C42H71N3O31/c1-10(51)43-19-26(58)33(73-40-30(62)28(60)22(54)13(4-46)68-40)16(7-49)71-38(19)66-9-18-25(57)35(21(37(65)67-18)45-12(3)53)75-42-32(64)36(24(56)15(6-48)70-42)76-39-20(44-11(2)52)27(59)34(17(8-50)72-39)74-41-31(63)29(61)23(55)14(5-47)69-41/h13-42,46-50,54-65H,4-9H2,1-3H3,(H,43,51)(H,44,52)(H,45,53)/t13-,14-,15-,16-,17-,18-,19-,20-,21-,22+,23+,24+,25+,26-,27-,28+,29+,30-,31-,32-,33-,34-,35-,36+,37+,38-,39+,40+,41+,42+/m1/s1. The number of nitrogens with one attached hydrogen (secondary N) is 3. The third-order valence-electron chi connectivity index (χ3n) is 13.6. The number of aliphatic hydroxyl groups excluding tert-OH is 17. The first-order valence-corrected chi connectivity index (χ1v) is 24.1. The number of carbonyl (C=O) groups excluding carboxylic acids is 3. The van der Waals surface area contributed by atoms with Crippen LogP contribution in [0.4, 0.5) is 0 Å². The molecule has 6 aliphatic heterocycles. The summed E-state index contributed by atoms with van der Waals surface area (Å²) in [5.74, 6) is -2.43. The van der Waals surface area contributed by atoms with Gasteiger partial charge in [0.05, 0.1) is 39.6 Å². The lowest BCUT2D eigenvalue weighted by molar-refractivity contribution is -0.376. The van der Waals surface area contributed by atoms with E-state index in [0.29, 0.717) is 0 Å². The Balaban J connectivity index is 1.20. The molecule has 0 aromatic heterocycles. The van der Waals surface area contributed by atoms with Crippen molar-refractivity contribution in [2.45, 2.75) is 205 Å². The highest BCUT2D eigenvalue weighted by molar-refractivity contribution is 5.74. The second-order valence-corrected chi connectivity index (χ2v) is 19.0. The van der Waals surface area contributed by atoms with Crippen LogP contribution in [0.25, 0.3) is 0 Å². The van der Waals surface area contributed by atoms with Gasteiger partial charge in [0, 0.05) is 20.8 Å². The van der Waals surface area contributed by atoms with Crippen molar-refractivity contribution >= 4 is 17.7 Å². The Labute approximate surface area is 431 Å². The van der Waals surface area contributed by atoms with Crippen LogP contribution in [0.15, 0.2) is 0 Å². The summed E-state index contributed by atoms with van der Waals surface area (Å²) in [5, 5.41) is 189. The van der Waals surface area contributed by atoms with Crippen molar-refractivity contribution in [2.75, 3.05) is 39.6 Å². The maximum atomic E-state index is 12.5.